The van der Waals surface area contributed by atoms with E-state index in [1.807, 2.05) is 0 Å². The van der Waals surface area contributed by atoms with Crippen molar-refractivity contribution >= 4 is 14.1 Å². The van der Waals surface area contributed by atoms with E-state index in [9.17, 15) is 4.79 Å². The number of ketones is 1. The Morgan fingerprint density at radius 3 is 2.15 bits per heavy atom. The monoisotopic (exact) mass is 380 g/mol. The van der Waals surface area contributed by atoms with Gasteiger partial charge in [0.1, 0.15) is 11.5 Å². The van der Waals surface area contributed by atoms with Crippen LogP contribution in [0.3, 0.4) is 0 Å². The first kappa shape index (κ1) is 20.1. The average Bonchev–Trinajstić information content (AvgIpc) is 3.16. The van der Waals surface area contributed by atoms with Crippen LogP contribution in [-0.2, 0) is 18.7 Å². The molecule has 0 aliphatic heterocycles. The topological polar surface area (TPSA) is 44.8 Å². The summed E-state index contributed by atoms with van der Waals surface area (Å²) in [6, 6.07) is 0. The normalized spacial score (nSPS) is 36.0. The van der Waals surface area contributed by atoms with Gasteiger partial charge in [-0.3, -0.25) is 4.79 Å². The summed E-state index contributed by atoms with van der Waals surface area (Å²) >= 11 is 0. The maximum Gasteiger partial charge on any atom is 0.200 e. The minimum atomic E-state index is -2.03. The molecule has 0 radical (unpaired) electrons. The second-order valence-electron chi connectivity index (χ2n) is 9.42. The van der Waals surface area contributed by atoms with E-state index in [2.05, 4.69) is 47.6 Å². The summed E-state index contributed by atoms with van der Waals surface area (Å²) < 4.78 is 18.9. The smallest absolute Gasteiger partial charge is 0.200 e. The Bertz CT molecular complexity index is 589. The molecule has 0 amide bonds. The van der Waals surface area contributed by atoms with Crippen LogP contribution >= 0.6 is 0 Å². The Morgan fingerprint density at radius 1 is 1.12 bits per heavy atom. The molecule has 0 bridgehead atoms. The predicted octanol–water partition coefficient (Wildman–Crippen LogP) is 4.70. The largest absolute Gasteiger partial charge is 0.501 e. The van der Waals surface area contributed by atoms with Gasteiger partial charge in [0.2, 0.25) is 0 Å². The molecule has 2 saturated carbocycles. The summed E-state index contributed by atoms with van der Waals surface area (Å²) in [5.74, 6) is 1.55. The van der Waals surface area contributed by atoms with Crippen LogP contribution < -0.4 is 0 Å². The first-order chi connectivity index (χ1) is 12.2. The van der Waals surface area contributed by atoms with Crippen molar-refractivity contribution in [1.82, 2.24) is 0 Å². The molecule has 26 heavy (non-hydrogen) atoms. The third kappa shape index (κ3) is 2.23. The predicted molar refractivity (Wildman–Crippen MR) is 105 cm³/mol. The maximum atomic E-state index is 12.8. The van der Waals surface area contributed by atoms with Crippen molar-refractivity contribution in [3.05, 3.63) is 11.8 Å². The number of ether oxygens (including phenoxy) is 2. The van der Waals surface area contributed by atoms with Crippen LogP contribution in [0.1, 0.15) is 54.4 Å². The Balaban J connectivity index is 1.99. The number of Topliss-reactive ketones (excluding diaryl/α,β-unsaturated/α-hetero) is 1. The summed E-state index contributed by atoms with van der Waals surface area (Å²) in [7, 11) is 1.45. The van der Waals surface area contributed by atoms with E-state index in [0.29, 0.717) is 41.4 Å². The number of rotatable bonds is 8. The SMILES string of the molecule is COC1=CC[C@H]2[C@H]3C(=O)C[C@]1(CO[Si](C(C)C)(C(C)C)C(C)C)[C@]32OC. The fourth-order valence-electron chi connectivity index (χ4n) is 6.85. The number of hydrogen-bond acceptors (Lipinski definition) is 4. The molecule has 0 aromatic rings. The quantitative estimate of drug-likeness (QED) is 0.572. The van der Waals surface area contributed by atoms with Gasteiger partial charge in [-0.1, -0.05) is 41.5 Å². The highest BCUT2D eigenvalue weighted by Crippen LogP contribution is 2.75. The third-order valence-corrected chi connectivity index (χ3v) is 13.8. The van der Waals surface area contributed by atoms with E-state index in [4.69, 9.17) is 13.9 Å². The molecule has 3 aliphatic carbocycles. The van der Waals surface area contributed by atoms with Crippen molar-refractivity contribution in [3.8, 4) is 0 Å². The van der Waals surface area contributed by atoms with Crippen molar-refractivity contribution in [2.24, 2.45) is 17.3 Å². The average molecular weight is 381 g/mol. The lowest BCUT2D eigenvalue weighted by molar-refractivity contribution is -0.121. The molecule has 148 valence electrons. The van der Waals surface area contributed by atoms with Crippen molar-refractivity contribution in [2.45, 2.75) is 76.6 Å². The van der Waals surface area contributed by atoms with Crippen LogP contribution in [0.4, 0.5) is 0 Å². The summed E-state index contributed by atoms with van der Waals surface area (Å²) in [5.41, 5.74) is 0.685. The van der Waals surface area contributed by atoms with Crippen LogP contribution in [0.25, 0.3) is 0 Å². The van der Waals surface area contributed by atoms with E-state index in [-0.39, 0.29) is 5.92 Å². The van der Waals surface area contributed by atoms with Gasteiger partial charge < -0.3 is 13.9 Å². The van der Waals surface area contributed by atoms with Crippen LogP contribution in [-0.4, -0.2) is 40.5 Å². The first-order valence-electron chi connectivity index (χ1n) is 10.1. The number of allylic oxidation sites excluding steroid dienone is 1. The summed E-state index contributed by atoms with van der Waals surface area (Å²) in [4.78, 5) is 12.8. The first-order valence-corrected chi connectivity index (χ1v) is 12.3. The lowest BCUT2D eigenvalue weighted by Gasteiger charge is -2.47. The van der Waals surface area contributed by atoms with Gasteiger partial charge in [-0.25, -0.2) is 0 Å². The highest BCUT2D eigenvalue weighted by Gasteiger charge is 2.84. The Kier molecular flexibility index (Phi) is 4.99. The van der Waals surface area contributed by atoms with Gasteiger partial charge in [-0.15, -0.1) is 0 Å². The van der Waals surface area contributed by atoms with Crippen LogP contribution in [0.15, 0.2) is 11.8 Å². The van der Waals surface area contributed by atoms with Gasteiger partial charge in [-0.2, -0.15) is 0 Å². The van der Waals surface area contributed by atoms with E-state index >= 15 is 0 Å². The summed E-state index contributed by atoms with van der Waals surface area (Å²) in [6.45, 7) is 14.3. The molecule has 0 aromatic heterocycles. The minimum Gasteiger partial charge on any atom is -0.501 e. The van der Waals surface area contributed by atoms with Gasteiger partial charge in [0, 0.05) is 26.1 Å². The van der Waals surface area contributed by atoms with Gasteiger partial charge >= 0.3 is 0 Å². The second kappa shape index (κ2) is 6.45. The molecule has 4 nitrogen and oxygen atoms in total. The van der Waals surface area contributed by atoms with Crippen molar-refractivity contribution in [1.29, 1.82) is 0 Å². The summed E-state index contributed by atoms with van der Waals surface area (Å²) in [6.07, 6.45) is 3.54. The maximum absolute atomic E-state index is 12.8. The zero-order valence-electron chi connectivity index (χ0n) is 17.7. The molecule has 3 rings (SSSR count). The molecule has 3 aliphatic rings. The molecule has 0 saturated heterocycles. The zero-order chi connectivity index (χ0) is 19.5. The molecule has 5 heteroatoms. The van der Waals surface area contributed by atoms with Gasteiger partial charge in [0.05, 0.1) is 24.0 Å². The van der Waals surface area contributed by atoms with Crippen molar-refractivity contribution < 1.29 is 18.7 Å². The zero-order valence-corrected chi connectivity index (χ0v) is 18.7. The fraction of sp³-hybridized carbons (Fsp3) is 0.857. The second-order valence-corrected chi connectivity index (χ2v) is 14.9. The molecule has 0 aromatic carbocycles. The van der Waals surface area contributed by atoms with Gasteiger partial charge in [0.15, 0.2) is 8.32 Å². The Hall–Kier alpha value is -0.653. The molecule has 4 atom stereocenters. The number of fused-ring (bicyclic) bond motifs is 1. The van der Waals surface area contributed by atoms with E-state index in [1.165, 1.54) is 0 Å². The van der Waals surface area contributed by atoms with Crippen LogP contribution in [0, 0.1) is 17.3 Å². The Morgan fingerprint density at radius 2 is 1.69 bits per heavy atom. The van der Waals surface area contributed by atoms with E-state index in [0.717, 1.165) is 12.2 Å². The molecule has 0 heterocycles. The number of carbonyl (C=O) groups is 1. The highest BCUT2D eigenvalue weighted by molar-refractivity contribution is 6.77. The lowest BCUT2D eigenvalue weighted by Crippen LogP contribution is -2.53. The van der Waals surface area contributed by atoms with Gasteiger partial charge in [0.25, 0.3) is 0 Å². The lowest BCUT2D eigenvalue weighted by atomic mass is 9.73. The molecule has 0 unspecified atom stereocenters. The van der Waals surface area contributed by atoms with Crippen LogP contribution in [0.5, 0.6) is 0 Å². The van der Waals surface area contributed by atoms with Crippen molar-refractivity contribution in [3.63, 3.8) is 0 Å². The van der Waals surface area contributed by atoms with E-state index < -0.39 is 19.3 Å². The van der Waals surface area contributed by atoms with Crippen LogP contribution in [0.2, 0.25) is 16.6 Å². The minimum absolute atomic E-state index is 0.0215. The number of methoxy groups -OCH3 is 2. The van der Waals surface area contributed by atoms with E-state index in [1.54, 1.807) is 14.2 Å². The standard InChI is InChI=1S/C21H36O4Si/c1-13(2)26(14(3)4,15(5)6)25-12-20-11-17(22)19-16(21(19,20)24-8)9-10-18(20)23-7/h10,13-16,19H,9,11-12H2,1-8H3/t16-,19-,20+,21+/m0/s1. The van der Waals surface area contributed by atoms with Crippen molar-refractivity contribution in [2.75, 3.05) is 20.8 Å². The fourth-order valence-corrected chi connectivity index (χ4v) is 12.3. The third-order valence-electron chi connectivity index (χ3n) is 7.74. The Labute approximate surface area is 159 Å². The van der Waals surface area contributed by atoms with Gasteiger partial charge in [-0.05, 0) is 29.1 Å². The number of hydrogen-bond donors (Lipinski definition) is 0. The molecular formula is C21H36O4Si. The molecule has 2 fully saturated rings. The summed E-state index contributed by atoms with van der Waals surface area (Å²) in [5, 5.41) is 0. The molecule has 0 spiro atoms. The number of carbonyl (C=O) groups excluding carboxylic acids is 1. The molecular weight excluding hydrogens is 344 g/mol. The molecule has 0 N–H and O–H groups in total. The highest BCUT2D eigenvalue weighted by atomic mass is 28.4.